The average molecular weight is 610 g/mol. The van der Waals surface area contributed by atoms with E-state index in [0.717, 1.165) is 24.0 Å². The van der Waals surface area contributed by atoms with Crippen LogP contribution in [0.15, 0.2) is 73.3 Å². The number of piperidine rings is 1. The lowest BCUT2D eigenvalue weighted by Crippen LogP contribution is -2.57. The van der Waals surface area contributed by atoms with Gasteiger partial charge in [-0.05, 0) is 42.5 Å². The first kappa shape index (κ1) is 29.9. The number of imide groups is 1. The number of aromatic nitrogens is 4. The number of imidazole rings is 1. The molecule has 2 aromatic heterocycles. The Kier molecular flexibility index (Phi) is 8.31. The van der Waals surface area contributed by atoms with E-state index in [-0.39, 0.29) is 23.3 Å². The fourth-order valence-electron chi connectivity index (χ4n) is 6.23. The molecule has 45 heavy (non-hydrogen) atoms. The number of carboxylic acids is 1. The molecule has 3 amide bonds. The maximum absolute atomic E-state index is 14.4. The molecular formula is C33H35N7O5. The van der Waals surface area contributed by atoms with Crippen LogP contribution in [0.5, 0.6) is 5.88 Å². The van der Waals surface area contributed by atoms with E-state index >= 15 is 0 Å². The van der Waals surface area contributed by atoms with Crippen molar-refractivity contribution in [3.63, 3.8) is 0 Å². The Balaban J connectivity index is 1.29. The van der Waals surface area contributed by atoms with Crippen LogP contribution in [0.3, 0.4) is 0 Å². The zero-order valence-electron chi connectivity index (χ0n) is 25.3. The summed E-state index contributed by atoms with van der Waals surface area (Å²) in [6.45, 7) is 3.85. The van der Waals surface area contributed by atoms with Crippen LogP contribution in [0.2, 0.25) is 0 Å². The Morgan fingerprint density at radius 1 is 0.978 bits per heavy atom. The molecule has 0 aliphatic carbocycles. The van der Waals surface area contributed by atoms with Crippen LogP contribution < -0.4 is 14.5 Å². The molecule has 0 unspecified atom stereocenters. The van der Waals surface area contributed by atoms with Crippen molar-refractivity contribution in [3.8, 4) is 17.0 Å². The molecular weight excluding hydrogens is 574 g/mol. The van der Waals surface area contributed by atoms with Crippen molar-refractivity contribution < 1.29 is 24.2 Å². The summed E-state index contributed by atoms with van der Waals surface area (Å²) in [4.78, 5) is 58.3. The summed E-state index contributed by atoms with van der Waals surface area (Å²) in [6.07, 6.45) is 5.34. The molecule has 0 saturated carbocycles. The summed E-state index contributed by atoms with van der Waals surface area (Å²) in [5.74, 6) is -0.785. The number of methoxy groups -OCH3 is 1. The number of amides is 3. The maximum atomic E-state index is 14.4. The molecule has 1 spiro atoms. The van der Waals surface area contributed by atoms with E-state index < -0.39 is 17.5 Å². The van der Waals surface area contributed by atoms with Gasteiger partial charge in [0.25, 0.3) is 5.91 Å². The highest BCUT2D eigenvalue weighted by Gasteiger charge is 2.59. The second-order valence-electron chi connectivity index (χ2n) is 11.3. The summed E-state index contributed by atoms with van der Waals surface area (Å²) >= 11 is 0. The molecule has 2 aliphatic heterocycles. The summed E-state index contributed by atoms with van der Waals surface area (Å²) in [5, 5.41) is 9.92. The summed E-state index contributed by atoms with van der Waals surface area (Å²) in [6, 6.07) is 18.3. The van der Waals surface area contributed by atoms with Crippen molar-refractivity contribution in [2.24, 2.45) is 0 Å². The molecule has 0 atom stereocenters. The number of anilines is 2. The van der Waals surface area contributed by atoms with Crippen molar-refractivity contribution in [2.45, 2.75) is 51.2 Å². The second-order valence-corrected chi connectivity index (χ2v) is 11.3. The van der Waals surface area contributed by atoms with E-state index in [1.807, 2.05) is 42.5 Å². The van der Waals surface area contributed by atoms with Crippen LogP contribution in [-0.4, -0.2) is 73.2 Å². The van der Waals surface area contributed by atoms with Gasteiger partial charge in [-0.15, -0.1) is 0 Å². The predicted molar refractivity (Wildman–Crippen MR) is 167 cm³/mol. The topological polar surface area (TPSA) is 134 Å². The lowest BCUT2D eigenvalue weighted by Gasteiger charge is -2.41. The number of nitrogens with zero attached hydrogens (tertiary/aromatic N) is 7. The van der Waals surface area contributed by atoms with Gasteiger partial charge in [-0.3, -0.25) is 14.6 Å². The third-order valence-corrected chi connectivity index (χ3v) is 8.64. The monoisotopic (exact) mass is 609 g/mol. The molecule has 0 radical (unpaired) electrons. The highest BCUT2D eigenvalue weighted by atomic mass is 16.5. The Bertz CT molecular complexity index is 1700. The molecule has 2 fully saturated rings. The first-order valence-electron chi connectivity index (χ1n) is 15.1. The average Bonchev–Trinajstić information content (AvgIpc) is 3.56. The van der Waals surface area contributed by atoms with Crippen molar-refractivity contribution in [3.05, 3.63) is 84.7 Å². The third-order valence-electron chi connectivity index (χ3n) is 8.64. The first-order chi connectivity index (χ1) is 21.9. The quantitative estimate of drug-likeness (QED) is 0.250. The molecule has 4 aromatic rings. The van der Waals surface area contributed by atoms with E-state index in [0.29, 0.717) is 50.4 Å². The van der Waals surface area contributed by atoms with Crippen molar-refractivity contribution in [1.29, 1.82) is 0 Å². The van der Waals surface area contributed by atoms with Crippen LogP contribution in [-0.2, 0) is 17.9 Å². The van der Waals surface area contributed by atoms with E-state index in [9.17, 15) is 19.5 Å². The van der Waals surface area contributed by atoms with E-state index in [2.05, 4.69) is 26.8 Å². The number of carbonyl (C=O) groups is 3. The number of unbranched alkanes of at least 4 members (excludes halogenated alkanes) is 1. The van der Waals surface area contributed by atoms with E-state index in [4.69, 9.17) is 4.74 Å². The standard InChI is InChI=1S/C33H35N7O5/c1-3-4-16-38-22-36-26(29(38)30(41)42)20-37-17-14-33(15-18-37)31(43)39(32(44)40(33)27-19-28(45-2)35-21-34-27)25-12-10-24(11-13-25)23-8-6-5-7-9-23/h5-13,19,21-22H,3-4,14-18,20H2,1-2H3,(H,41,42). The number of aryl methyl sites for hydroxylation is 1. The van der Waals surface area contributed by atoms with Gasteiger partial charge in [0.1, 0.15) is 17.7 Å². The number of aromatic carboxylic acids is 1. The lowest BCUT2D eigenvalue weighted by atomic mass is 9.85. The third kappa shape index (κ3) is 5.53. The van der Waals surface area contributed by atoms with Crippen LogP contribution in [0.4, 0.5) is 16.3 Å². The minimum Gasteiger partial charge on any atom is -0.481 e. The van der Waals surface area contributed by atoms with Crippen LogP contribution in [0.1, 0.15) is 48.8 Å². The number of likely N-dealkylation sites (tertiary alicyclic amines) is 1. The number of carboxylic acid groups (broad SMARTS) is 1. The van der Waals surface area contributed by atoms with Crippen molar-refractivity contribution in [2.75, 3.05) is 30.0 Å². The van der Waals surface area contributed by atoms with Crippen LogP contribution >= 0.6 is 0 Å². The first-order valence-corrected chi connectivity index (χ1v) is 15.1. The Labute approximate surface area is 260 Å². The van der Waals surface area contributed by atoms with Crippen molar-refractivity contribution in [1.82, 2.24) is 24.4 Å². The van der Waals surface area contributed by atoms with Gasteiger partial charge in [0.05, 0.1) is 24.8 Å². The number of hydrogen-bond donors (Lipinski definition) is 1. The van der Waals surface area contributed by atoms with E-state index in [1.54, 1.807) is 29.1 Å². The highest BCUT2D eigenvalue weighted by molar-refractivity contribution is 6.30. The van der Waals surface area contributed by atoms with Crippen LogP contribution in [0.25, 0.3) is 11.1 Å². The summed E-state index contributed by atoms with van der Waals surface area (Å²) in [5.41, 5.74) is 1.95. The van der Waals surface area contributed by atoms with E-state index in [1.165, 1.54) is 23.2 Å². The smallest absolute Gasteiger partial charge is 0.354 e. The fourth-order valence-corrected chi connectivity index (χ4v) is 6.23. The second kappa shape index (κ2) is 12.5. The molecule has 1 N–H and O–H groups in total. The zero-order valence-corrected chi connectivity index (χ0v) is 25.3. The SMILES string of the molecule is CCCCn1cnc(CN2CCC3(CC2)C(=O)N(c2ccc(-c4ccccc4)cc2)C(=O)N3c2cc(OC)ncn2)c1C(=O)O. The Morgan fingerprint density at radius 2 is 1.69 bits per heavy atom. The predicted octanol–water partition coefficient (Wildman–Crippen LogP) is 4.86. The maximum Gasteiger partial charge on any atom is 0.354 e. The molecule has 4 heterocycles. The molecule has 2 aliphatic rings. The van der Waals surface area contributed by atoms with Gasteiger partial charge in [0, 0.05) is 32.2 Å². The minimum atomic E-state index is -1.19. The van der Waals surface area contributed by atoms with Gasteiger partial charge in [-0.25, -0.2) is 29.4 Å². The highest BCUT2D eigenvalue weighted by Crippen LogP contribution is 2.42. The van der Waals surface area contributed by atoms with Gasteiger partial charge in [-0.2, -0.15) is 0 Å². The van der Waals surface area contributed by atoms with Gasteiger partial charge >= 0.3 is 12.0 Å². The number of urea groups is 1. The number of rotatable bonds is 10. The summed E-state index contributed by atoms with van der Waals surface area (Å²) in [7, 11) is 1.48. The molecule has 2 aromatic carbocycles. The largest absolute Gasteiger partial charge is 0.481 e. The number of benzene rings is 2. The van der Waals surface area contributed by atoms with Gasteiger partial charge in [-0.1, -0.05) is 55.8 Å². The molecule has 6 rings (SSSR count). The van der Waals surface area contributed by atoms with Crippen LogP contribution in [0, 0.1) is 0 Å². The number of ether oxygens (including phenoxy) is 1. The zero-order chi connectivity index (χ0) is 31.6. The van der Waals surface area contributed by atoms with Gasteiger partial charge < -0.3 is 14.4 Å². The molecule has 232 valence electrons. The Morgan fingerprint density at radius 3 is 2.36 bits per heavy atom. The van der Waals surface area contributed by atoms with Gasteiger partial charge in [0.2, 0.25) is 5.88 Å². The number of hydrogen-bond acceptors (Lipinski definition) is 8. The molecule has 12 nitrogen and oxygen atoms in total. The lowest BCUT2D eigenvalue weighted by molar-refractivity contribution is -0.123. The summed E-state index contributed by atoms with van der Waals surface area (Å²) < 4.78 is 7.00. The van der Waals surface area contributed by atoms with Crippen molar-refractivity contribution >= 4 is 29.4 Å². The number of carbonyl (C=O) groups excluding carboxylic acids is 2. The molecule has 2 saturated heterocycles. The normalized spacial score (nSPS) is 16.5. The molecule has 0 bridgehead atoms. The van der Waals surface area contributed by atoms with Gasteiger partial charge in [0.15, 0.2) is 5.69 Å². The fraction of sp³-hybridized carbons (Fsp3) is 0.333. The minimum absolute atomic E-state index is 0.190. The Hall–Kier alpha value is -5.10. The molecule has 12 heteroatoms.